The molecular formula is C16H29ClN4O3. The van der Waals surface area contributed by atoms with Gasteiger partial charge in [-0.05, 0) is 19.3 Å². The second-order valence-corrected chi connectivity index (χ2v) is 6.54. The Hall–Kier alpha value is -1.34. The van der Waals surface area contributed by atoms with Crippen LogP contribution in [0.5, 0.6) is 0 Å². The topological polar surface area (TPSA) is 73.0 Å². The summed E-state index contributed by atoms with van der Waals surface area (Å²) in [6.07, 6.45) is 3.30. The predicted octanol–water partition coefficient (Wildman–Crippen LogP) is 0.0895. The number of nitrogens with zero attached hydrogens (tertiary/aromatic N) is 3. The first-order chi connectivity index (χ1) is 11.0. The van der Waals surface area contributed by atoms with Gasteiger partial charge < -0.3 is 20.0 Å². The Morgan fingerprint density at radius 2 is 2.00 bits per heavy atom. The molecule has 0 aromatic rings. The Labute approximate surface area is 150 Å². The maximum absolute atomic E-state index is 12.3. The summed E-state index contributed by atoms with van der Waals surface area (Å²) in [6, 6.07) is 0.144. The molecule has 2 aliphatic heterocycles. The summed E-state index contributed by atoms with van der Waals surface area (Å²) in [5.41, 5.74) is 0. The molecule has 2 heterocycles. The van der Waals surface area contributed by atoms with Crippen molar-refractivity contribution >= 4 is 30.1 Å². The van der Waals surface area contributed by atoms with Gasteiger partial charge in [0.2, 0.25) is 17.7 Å². The average Bonchev–Trinajstić information content (AvgIpc) is 2.55. The highest BCUT2D eigenvalue weighted by molar-refractivity contribution is 5.85. The fourth-order valence-corrected chi connectivity index (χ4v) is 3.22. The molecule has 24 heavy (non-hydrogen) atoms. The molecule has 2 saturated heterocycles. The van der Waals surface area contributed by atoms with Gasteiger partial charge in [-0.25, -0.2) is 0 Å². The van der Waals surface area contributed by atoms with Crippen LogP contribution in [-0.4, -0.2) is 85.3 Å². The van der Waals surface area contributed by atoms with E-state index < -0.39 is 0 Å². The monoisotopic (exact) mass is 360 g/mol. The molecule has 1 unspecified atom stereocenters. The van der Waals surface area contributed by atoms with Gasteiger partial charge in [0.15, 0.2) is 0 Å². The van der Waals surface area contributed by atoms with E-state index in [9.17, 15) is 14.4 Å². The summed E-state index contributed by atoms with van der Waals surface area (Å²) < 4.78 is 0. The van der Waals surface area contributed by atoms with Crippen molar-refractivity contribution in [1.82, 2.24) is 20.0 Å². The lowest BCUT2D eigenvalue weighted by Crippen LogP contribution is -2.57. The Balaban J connectivity index is 0.00000288. The van der Waals surface area contributed by atoms with Gasteiger partial charge in [0.1, 0.15) is 0 Å². The number of halogens is 1. The summed E-state index contributed by atoms with van der Waals surface area (Å²) >= 11 is 0. The van der Waals surface area contributed by atoms with Crippen LogP contribution in [0.3, 0.4) is 0 Å². The Bertz CT molecular complexity index is 459. The first-order valence-electron chi connectivity index (χ1n) is 8.47. The van der Waals surface area contributed by atoms with Gasteiger partial charge in [0, 0.05) is 59.2 Å². The van der Waals surface area contributed by atoms with E-state index in [0.29, 0.717) is 32.4 Å². The van der Waals surface area contributed by atoms with Crippen molar-refractivity contribution in [1.29, 1.82) is 0 Å². The average molecular weight is 361 g/mol. The van der Waals surface area contributed by atoms with Gasteiger partial charge in [0.25, 0.3) is 0 Å². The van der Waals surface area contributed by atoms with Crippen LogP contribution < -0.4 is 5.32 Å². The first kappa shape index (κ1) is 20.7. The SMILES string of the molecule is CN(C)C(=O)CCCC(=O)N1CCCC(N2CCNCC2=O)C1.Cl. The molecule has 3 amide bonds. The number of hydrogen-bond acceptors (Lipinski definition) is 4. The normalized spacial score (nSPS) is 21.2. The molecule has 0 bridgehead atoms. The van der Waals surface area contributed by atoms with Gasteiger partial charge in [0.05, 0.1) is 6.54 Å². The zero-order valence-electron chi connectivity index (χ0n) is 14.6. The van der Waals surface area contributed by atoms with Crippen LogP contribution in [0.4, 0.5) is 0 Å². The van der Waals surface area contributed by atoms with Crippen molar-refractivity contribution in [3.8, 4) is 0 Å². The van der Waals surface area contributed by atoms with Gasteiger partial charge in [-0.1, -0.05) is 0 Å². The zero-order chi connectivity index (χ0) is 16.8. The van der Waals surface area contributed by atoms with Gasteiger partial charge in [-0.15, -0.1) is 12.4 Å². The molecule has 0 aliphatic carbocycles. The minimum Gasteiger partial charge on any atom is -0.349 e. The fraction of sp³-hybridized carbons (Fsp3) is 0.812. The van der Waals surface area contributed by atoms with Crippen LogP contribution in [0.2, 0.25) is 0 Å². The van der Waals surface area contributed by atoms with E-state index in [1.54, 1.807) is 19.0 Å². The summed E-state index contributed by atoms with van der Waals surface area (Å²) in [4.78, 5) is 41.2. The van der Waals surface area contributed by atoms with Crippen LogP contribution in [0, 0.1) is 0 Å². The van der Waals surface area contributed by atoms with Crippen LogP contribution >= 0.6 is 12.4 Å². The standard InChI is InChI=1S/C16H28N4O3.ClH/c1-18(2)14(21)6-3-7-15(22)19-9-4-5-13(12-19)20-10-8-17-11-16(20)23;/h13,17H,3-12H2,1-2H3;1H. The molecule has 0 aromatic carbocycles. The van der Waals surface area contributed by atoms with Gasteiger partial charge >= 0.3 is 0 Å². The van der Waals surface area contributed by atoms with Crippen molar-refractivity contribution in [2.75, 3.05) is 46.8 Å². The molecule has 2 rings (SSSR count). The van der Waals surface area contributed by atoms with E-state index in [-0.39, 0.29) is 36.2 Å². The summed E-state index contributed by atoms with van der Waals surface area (Å²) in [7, 11) is 3.45. The Morgan fingerprint density at radius 1 is 1.25 bits per heavy atom. The smallest absolute Gasteiger partial charge is 0.236 e. The van der Waals surface area contributed by atoms with Crippen LogP contribution in [0.25, 0.3) is 0 Å². The maximum Gasteiger partial charge on any atom is 0.236 e. The van der Waals surface area contributed by atoms with E-state index in [1.807, 2.05) is 9.80 Å². The number of nitrogens with one attached hydrogen (secondary N) is 1. The number of amides is 3. The summed E-state index contributed by atoms with van der Waals surface area (Å²) in [5, 5.41) is 3.08. The molecule has 8 heteroatoms. The highest BCUT2D eigenvalue weighted by Gasteiger charge is 2.31. The Morgan fingerprint density at radius 3 is 2.67 bits per heavy atom. The molecule has 2 aliphatic rings. The maximum atomic E-state index is 12.3. The zero-order valence-corrected chi connectivity index (χ0v) is 15.4. The molecule has 2 fully saturated rings. The van der Waals surface area contributed by atoms with Crippen LogP contribution in [-0.2, 0) is 14.4 Å². The molecule has 0 aromatic heterocycles. The molecular weight excluding hydrogens is 332 g/mol. The lowest BCUT2D eigenvalue weighted by atomic mass is 10.0. The third kappa shape index (κ3) is 5.63. The predicted molar refractivity (Wildman–Crippen MR) is 94.0 cm³/mol. The van der Waals surface area contributed by atoms with E-state index in [1.165, 1.54) is 0 Å². The first-order valence-corrected chi connectivity index (χ1v) is 8.47. The third-order valence-electron chi connectivity index (χ3n) is 4.60. The number of rotatable bonds is 5. The number of carbonyl (C=O) groups excluding carboxylic acids is 3. The highest BCUT2D eigenvalue weighted by Crippen LogP contribution is 2.18. The van der Waals surface area contributed by atoms with E-state index in [4.69, 9.17) is 0 Å². The second kappa shape index (κ2) is 9.84. The van der Waals surface area contributed by atoms with Crippen molar-refractivity contribution in [3.63, 3.8) is 0 Å². The minimum atomic E-state index is 0. The molecule has 7 nitrogen and oxygen atoms in total. The molecule has 1 atom stereocenters. The molecule has 1 N–H and O–H groups in total. The Kier molecular flexibility index (Phi) is 8.48. The number of piperazine rings is 1. The second-order valence-electron chi connectivity index (χ2n) is 6.54. The van der Waals surface area contributed by atoms with Gasteiger partial charge in [-0.3, -0.25) is 14.4 Å². The number of carbonyl (C=O) groups is 3. The largest absolute Gasteiger partial charge is 0.349 e. The lowest BCUT2D eigenvalue weighted by Gasteiger charge is -2.41. The molecule has 0 saturated carbocycles. The number of piperidine rings is 1. The molecule has 0 radical (unpaired) electrons. The third-order valence-corrected chi connectivity index (χ3v) is 4.60. The van der Waals surface area contributed by atoms with Crippen molar-refractivity contribution in [3.05, 3.63) is 0 Å². The van der Waals surface area contributed by atoms with Crippen molar-refractivity contribution in [2.24, 2.45) is 0 Å². The van der Waals surface area contributed by atoms with E-state index in [0.717, 1.165) is 32.5 Å². The molecule has 138 valence electrons. The highest BCUT2D eigenvalue weighted by atomic mass is 35.5. The van der Waals surface area contributed by atoms with E-state index in [2.05, 4.69) is 5.32 Å². The fourth-order valence-electron chi connectivity index (χ4n) is 3.22. The summed E-state index contributed by atoms with van der Waals surface area (Å²) in [5.74, 6) is 0.289. The lowest BCUT2D eigenvalue weighted by molar-refractivity contribution is -0.140. The quantitative estimate of drug-likeness (QED) is 0.754. The summed E-state index contributed by atoms with van der Waals surface area (Å²) in [6.45, 7) is 3.34. The van der Waals surface area contributed by atoms with Gasteiger partial charge in [-0.2, -0.15) is 0 Å². The van der Waals surface area contributed by atoms with Crippen LogP contribution in [0.1, 0.15) is 32.1 Å². The number of likely N-dealkylation sites (tertiary alicyclic amines) is 1. The number of hydrogen-bond donors (Lipinski definition) is 1. The van der Waals surface area contributed by atoms with Crippen molar-refractivity contribution < 1.29 is 14.4 Å². The minimum absolute atomic E-state index is 0. The van der Waals surface area contributed by atoms with E-state index >= 15 is 0 Å². The molecule has 0 spiro atoms. The van der Waals surface area contributed by atoms with Crippen molar-refractivity contribution in [2.45, 2.75) is 38.1 Å². The van der Waals surface area contributed by atoms with Crippen LogP contribution in [0.15, 0.2) is 0 Å².